The number of hydrogen-bond acceptors (Lipinski definition) is 5. The number of carbonyl (C=O) groups is 2. The lowest BCUT2D eigenvalue weighted by Crippen LogP contribution is -2.30. The third-order valence-corrected chi connectivity index (χ3v) is 4.25. The van der Waals surface area contributed by atoms with Crippen LogP contribution in [0.5, 0.6) is 5.75 Å². The standard InChI is InChI=1S/C22H18N2O4/c1-14(21(25)24-19-10-6-5-9-17(19)13-23)28-22(26)18-11-15-7-3-4-8-16(15)12-20(18)27-2/h3-12,14H,1-2H3,(H,24,25)/t14-/m1/s1. The number of nitriles is 1. The summed E-state index contributed by atoms with van der Waals surface area (Å²) in [4.78, 5) is 25.0. The lowest BCUT2D eigenvalue weighted by molar-refractivity contribution is -0.123. The number of anilines is 1. The van der Waals surface area contributed by atoms with E-state index in [-0.39, 0.29) is 5.56 Å². The van der Waals surface area contributed by atoms with Crippen molar-refractivity contribution in [2.75, 3.05) is 12.4 Å². The first-order valence-electron chi connectivity index (χ1n) is 8.61. The van der Waals surface area contributed by atoms with Gasteiger partial charge in [0.15, 0.2) is 6.10 Å². The molecule has 0 aliphatic carbocycles. The molecule has 0 heterocycles. The Bertz CT molecular complexity index is 1090. The van der Waals surface area contributed by atoms with Crippen LogP contribution in [0.4, 0.5) is 5.69 Å². The predicted molar refractivity (Wildman–Crippen MR) is 105 cm³/mol. The average Bonchev–Trinajstić information content (AvgIpc) is 2.72. The number of fused-ring (bicyclic) bond motifs is 1. The summed E-state index contributed by atoms with van der Waals surface area (Å²) in [7, 11) is 1.47. The minimum absolute atomic E-state index is 0.235. The number of para-hydroxylation sites is 1. The fraction of sp³-hybridized carbons (Fsp3) is 0.136. The number of nitrogens with one attached hydrogen (secondary N) is 1. The second-order valence-electron chi connectivity index (χ2n) is 6.09. The van der Waals surface area contributed by atoms with E-state index in [2.05, 4.69) is 5.32 Å². The third-order valence-electron chi connectivity index (χ3n) is 4.25. The Morgan fingerprint density at radius 3 is 2.36 bits per heavy atom. The minimum Gasteiger partial charge on any atom is -0.496 e. The van der Waals surface area contributed by atoms with Crippen LogP contribution >= 0.6 is 0 Å². The van der Waals surface area contributed by atoms with E-state index in [1.54, 1.807) is 36.4 Å². The lowest BCUT2D eigenvalue weighted by atomic mass is 10.1. The summed E-state index contributed by atoms with van der Waals surface area (Å²) < 4.78 is 10.6. The minimum atomic E-state index is -1.06. The number of methoxy groups -OCH3 is 1. The van der Waals surface area contributed by atoms with Gasteiger partial charge in [0.25, 0.3) is 5.91 Å². The van der Waals surface area contributed by atoms with Gasteiger partial charge in [-0.15, -0.1) is 0 Å². The Labute approximate surface area is 162 Å². The van der Waals surface area contributed by atoms with Gasteiger partial charge in [-0.2, -0.15) is 5.26 Å². The molecule has 1 N–H and O–H groups in total. The Morgan fingerprint density at radius 1 is 1.04 bits per heavy atom. The summed E-state index contributed by atoms with van der Waals surface area (Å²) in [5.74, 6) is -0.833. The van der Waals surface area contributed by atoms with Crippen LogP contribution in [0.15, 0.2) is 60.7 Å². The lowest BCUT2D eigenvalue weighted by Gasteiger charge is -2.15. The molecule has 140 valence electrons. The maximum atomic E-state index is 12.6. The van der Waals surface area contributed by atoms with Crippen LogP contribution in [-0.2, 0) is 9.53 Å². The van der Waals surface area contributed by atoms with E-state index >= 15 is 0 Å². The highest BCUT2D eigenvalue weighted by Gasteiger charge is 2.22. The molecule has 28 heavy (non-hydrogen) atoms. The number of benzene rings is 3. The number of amides is 1. The van der Waals surface area contributed by atoms with Crippen molar-refractivity contribution in [3.63, 3.8) is 0 Å². The molecule has 0 aliphatic rings. The smallest absolute Gasteiger partial charge is 0.342 e. The zero-order valence-electron chi connectivity index (χ0n) is 15.4. The van der Waals surface area contributed by atoms with Crippen molar-refractivity contribution in [2.24, 2.45) is 0 Å². The number of ether oxygens (including phenoxy) is 2. The second-order valence-corrected chi connectivity index (χ2v) is 6.09. The quantitative estimate of drug-likeness (QED) is 0.684. The van der Waals surface area contributed by atoms with E-state index in [1.165, 1.54) is 14.0 Å². The molecule has 3 rings (SSSR count). The van der Waals surface area contributed by atoms with E-state index in [4.69, 9.17) is 14.7 Å². The molecule has 1 amide bonds. The number of hydrogen-bond donors (Lipinski definition) is 1. The molecule has 0 spiro atoms. The molecule has 6 heteroatoms. The van der Waals surface area contributed by atoms with Crippen LogP contribution in [0.2, 0.25) is 0 Å². The first kappa shape index (κ1) is 18.9. The van der Waals surface area contributed by atoms with E-state index in [0.717, 1.165) is 10.8 Å². The first-order chi connectivity index (χ1) is 13.5. The van der Waals surface area contributed by atoms with E-state index < -0.39 is 18.0 Å². The van der Waals surface area contributed by atoms with E-state index in [9.17, 15) is 9.59 Å². The molecule has 0 unspecified atom stereocenters. The van der Waals surface area contributed by atoms with Crippen molar-refractivity contribution in [2.45, 2.75) is 13.0 Å². The van der Waals surface area contributed by atoms with Crippen molar-refractivity contribution >= 4 is 28.3 Å². The molecular formula is C22H18N2O4. The highest BCUT2D eigenvalue weighted by atomic mass is 16.5. The Morgan fingerprint density at radius 2 is 1.68 bits per heavy atom. The van der Waals surface area contributed by atoms with Crippen molar-refractivity contribution < 1.29 is 19.1 Å². The van der Waals surface area contributed by atoms with Crippen LogP contribution in [0.3, 0.4) is 0 Å². The molecule has 0 saturated heterocycles. The van der Waals surface area contributed by atoms with Crippen LogP contribution < -0.4 is 10.1 Å². The van der Waals surface area contributed by atoms with Crippen molar-refractivity contribution in [3.8, 4) is 11.8 Å². The Kier molecular flexibility index (Phi) is 5.56. The normalized spacial score (nSPS) is 11.3. The maximum absolute atomic E-state index is 12.6. The van der Waals surface area contributed by atoms with Gasteiger partial charge in [-0.3, -0.25) is 4.79 Å². The fourth-order valence-electron chi connectivity index (χ4n) is 2.75. The van der Waals surface area contributed by atoms with E-state index in [1.807, 2.05) is 30.3 Å². The number of rotatable bonds is 5. The summed E-state index contributed by atoms with van der Waals surface area (Å²) in [5.41, 5.74) is 0.921. The van der Waals surface area contributed by atoms with Crippen molar-refractivity contribution in [3.05, 3.63) is 71.8 Å². The molecule has 0 radical (unpaired) electrons. The van der Waals surface area contributed by atoms with Gasteiger partial charge in [-0.05, 0) is 42.0 Å². The highest BCUT2D eigenvalue weighted by Crippen LogP contribution is 2.27. The van der Waals surface area contributed by atoms with Crippen LogP contribution in [0.25, 0.3) is 10.8 Å². The zero-order valence-corrected chi connectivity index (χ0v) is 15.4. The largest absolute Gasteiger partial charge is 0.496 e. The number of carbonyl (C=O) groups excluding carboxylic acids is 2. The van der Waals surface area contributed by atoms with Gasteiger partial charge < -0.3 is 14.8 Å². The molecule has 1 atom stereocenters. The first-order valence-corrected chi connectivity index (χ1v) is 8.61. The predicted octanol–water partition coefficient (Wildman–Crippen LogP) is 3.90. The monoisotopic (exact) mass is 374 g/mol. The van der Waals surface area contributed by atoms with Gasteiger partial charge in [-0.25, -0.2) is 4.79 Å². The molecule has 0 bridgehead atoms. The van der Waals surface area contributed by atoms with Gasteiger partial charge in [0, 0.05) is 0 Å². The number of nitrogens with zero attached hydrogens (tertiary/aromatic N) is 1. The van der Waals surface area contributed by atoms with E-state index in [0.29, 0.717) is 17.0 Å². The summed E-state index contributed by atoms with van der Waals surface area (Å²) in [6, 6.07) is 19.6. The third kappa shape index (κ3) is 3.94. The van der Waals surface area contributed by atoms with Crippen LogP contribution in [0.1, 0.15) is 22.8 Å². The number of esters is 1. The maximum Gasteiger partial charge on any atom is 0.342 e. The van der Waals surface area contributed by atoms with Gasteiger partial charge in [0.05, 0.1) is 18.4 Å². The molecule has 0 aromatic heterocycles. The summed E-state index contributed by atoms with van der Waals surface area (Å²) >= 11 is 0. The molecule has 0 fully saturated rings. The fourth-order valence-corrected chi connectivity index (χ4v) is 2.75. The molecule has 3 aromatic rings. The topological polar surface area (TPSA) is 88.4 Å². The zero-order chi connectivity index (χ0) is 20.1. The molecular weight excluding hydrogens is 356 g/mol. The van der Waals surface area contributed by atoms with Gasteiger partial charge in [0.1, 0.15) is 17.4 Å². The molecule has 6 nitrogen and oxygen atoms in total. The second kappa shape index (κ2) is 8.23. The van der Waals surface area contributed by atoms with Gasteiger partial charge >= 0.3 is 5.97 Å². The van der Waals surface area contributed by atoms with Crippen LogP contribution in [-0.4, -0.2) is 25.1 Å². The molecule has 0 saturated carbocycles. The Hall–Kier alpha value is -3.85. The van der Waals surface area contributed by atoms with Crippen molar-refractivity contribution in [1.82, 2.24) is 0 Å². The summed E-state index contributed by atoms with van der Waals surface area (Å²) in [6.07, 6.45) is -1.06. The molecule has 3 aromatic carbocycles. The van der Waals surface area contributed by atoms with Gasteiger partial charge in [0.2, 0.25) is 0 Å². The highest BCUT2D eigenvalue weighted by molar-refractivity contribution is 6.01. The van der Waals surface area contributed by atoms with Crippen LogP contribution in [0, 0.1) is 11.3 Å². The summed E-state index contributed by atoms with van der Waals surface area (Å²) in [6.45, 7) is 1.47. The van der Waals surface area contributed by atoms with Gasteiger partial charge in [-0.1, -0.05) is 36.4 Å². The van der Waals surface area contributed by atoms with Crippen molar-refractivity contribution in [1.29, 1.82) is 5.26 Å². The SMILES string of the molecule is COc1cc2ccccc2cc1C(=O)O[C@H](C)C(=O)Nc1ccccc1C#N. The Balaban J connectivity index is 1.78. The molecule has 0 aliphatic heterocycles. The average molecular weight is 374 g/mol. The summed E-state index contributed by atoms with van der Waals surface area (Å²) in [5, 5.41) is 13.5.